The zero-order valence-corrected chi connectivity index (χ0v) is 17.3. The monoisotopic (exact) mass is 381 g/mol. The predicted molar refractivity (Wildman–Crippen MR) is 107 cm³/mol. The highest BCUT2D eigenvalue weighted by molar-refractivity contribution is 5.77. The Labute approximate surface area is 163 Å². The summed E-state index contributed by atoms with van der Waals surface area (Å²) in [5.41, 5.74) is 5.77. The summed E-state index contributed by atoms with van der Waals surface area (Å²) >= 11 is 0. The molecule has 0 aliphatic carbocycles. The molecule has 0 heterocycles. The van der Waals surface area contributed by atoms with E-state index in [0.717, 1.165) is 24.8 Å². The van der Waals surface area contributed by atoms with Gasteiger partial charge in [-0.3, -0.25) is 4.79 Å². The van der Waals surface area contributed by atoms with Crippen LogP contribution < -0.4 is 19.9 Å². The molecule has 154 valence electrons. The van der Waals surface area contributed by atoms with Crippen LogP contribution in [0.1, 0.15) is 59.4 Å². The van der Waals surface area contributed by atoms with Crippen molar-refractivity contribution in [3.05, 3.63) is 17.7 Å². The highest BCUT2D eigenvalue weighted by Crippen LogP contribution is 2.41. The van der Waals surface area contributed by atoms with Crippen LogP contribution >= 0.6 is 0 Å². The van der Waals surface area contributed by atoms with Crippen molar-refractivity contribution in [2.45, 2.75) is 65.8 Å². The molecule has 0 aliphatic rings. The van der Waals surface area contributed by atoms with Crippen LogP contribution in [0.2, 0.25) is 0 Å². The maximum absolute atomic E-state index is 11.3. The molecular formula is C21H35NO5. The molecule has 0 spiro atoms. The lowest BCUT2D eigenvalue weighted by atomic mass is 9.84. The largest absolute Gasteiger partial charge is 0.490 e. The van der Waals surface area contributed by atoms with Crippen LogP contribution in [-0.4, -0.2) is 36.4 Å². The SMILES string of the molecule is CCOc1ccc(CCC(CC)CC(C)(N)C(=O)O)c(OCC)c1OCC. The second-order valence-corrected chi connectivity index (χ2v) is 6.92. The van der Waals surface area contributed by atoms with E-state index in [0.29, 0.717) is 43.5 Å². The van der Waals surface area contributed by atoms with E-state index < -0.39 is 11.5 Å². The van der Waals surface area contributed by atoms with Crippen LogP contribution in [0.5, 0.6) is 17.2 Å². The van der Waals surface area contributed by atoms with Gasteiger partial charge in [-0.15, -0.1) is 0 Å². The summed E-state index contributed by atoms with van der Waals surface area (Å²) < 4.78 is 17.4. The molecule has 2 atom stereocenters. The number of nitrogens with two attached hydrogens (primary N) is 1. The molecule has 0 saturated heterocycles. The molecular weight excluding hydrogens is 346 g/mol. The minimum absolute atomic E-state index is 0.215. The summed E-state index contributed by atoms with van der Waals surface area (Å²) in [4.78, 5) is 11.3. The van der Waals surface area contributed by atoms with E-state index in [4.69, 9.17) is 19.9 Å². The Morgan fingerprint density at radius 2 is 1.67 bits per heavy atom. The zero-order valence-electron chi connectivity index (χ0n) is 17.3. The number of aryl methyl sites for hydroxylation is 1. The Morgan fingerprint density at radius 1 is 1.07 bits per heavy atom. The number of aliphatic carboxylic acids is 1. The zero-order chi connectivity index (χ0) is 20.4. The first-order valence-corrected chi connectivity index (χ1v) is 9.87. The molecule has 0 bridgehead atoms. The molecule has 0 aliphatic heterocycles. The number of carboxylic acids is 1. The Morgan fingerprint density at radius 3 is 2.19 bits per heavy atom. The van der Waals surface area contributed by atoms with Gasteiger partial charge in [0, 0.05) is 0 Å². The lowest BCUT2D eigenvalue weighted by Crippen LogP contribution is -2.46. The summed E-state index contributed by atoms with van der Waals surface area (Å²) in [5, 5.41) is 9.29. The van der Waals surface area contributed by atoms with Gasteiger partial charge in [0.1, 0.15) is 5.54 Å². The van der Waals surface area contributed by atoms with Gasteiger partial charge in [0.15, 0.2) is 11.5 Å². The van der Waals surface area contributed by atoms with E-state index in [1.165, 1.54) is 0 Å². The molecule has 2 unspecified atom stereocenters. The molecule has 0 aromatic heterocycles. The number of benzene rings is 1. The third-order valence-electron chi connectivity index (χ3n) is 4.64. The Kier molecular flexibility index (Phi) is 9.43. The van der Waals surface area contributed by atoms with E-state index in [1.54, 1.807) is 6.92 Å². The minimum Gasteiger partial charge on any atom is -0.490 e. The van der Waals surface area contributed by atoms with Gasteiger partial charge in [0.2, 0.25) is 5.75 Å². The van der Waals surface area contributed by atoms with Gasteiger partial charge in [0.25, 0.3) is 0 Å². The van der Waals surface area contributed by atoms with Gasteiger partial charge in [-0.25, -0.2) is 0 Å². The molecule has 27 heavy (non-hydrogen) atoms. The number of ether oxygens (including phenoxy) is 3. The van der Waals surface area contributed by atoms with Gasteiger partial charge in [-0.1, -0.05) is 19.4 Å². The number of carbonyl (C=O) groups is 1. The first-order chi connectivity index (χ1) is 12.8. The minimum atomic E-state index is -1.21. The van der Waals surface area contributed by atoms with Crippen molar-refractivity contribution in [3.8, 4) is 17.2 Å². The van der Waals surface area contributed by atoms with Crippen LogP contribution in [0.15, 0.2) is 12.1 Å². The summed E-state index contributed by atoms with van der Waals surface area (Å²) in [6.45, 7) is 11.0. The molecule has 6 nitrogen and oxygen atoms in total. The highest BCUT2D eigenvalue weighted by atomic mass is 16.5. The predicted octanol–water partition coefficient (Wildman–Crippen LogP) is 4.03. The quantitative estimate of drug-likeness (QED) is 0.536. The third kappa shape index (κ3) is 6.61. The molecule has 0 amide bonds. The summed E-state index contributed by atoms with van der Waals surface area (Å²) in [6, 6.07) is 3.92. The van der Waals surface area contributed by atoms with E-state index in [9.17, 15) is 9.90 Å². The van der Waals surface area contributed by atoms with Crippen LogP contribution in [0.3, 0.4) is 0 Å². The topological polar surface area (TPSA) is 91.0 Å². The number of hydrogen-bond donors (Lipinski definition) is 2. The van der Waals surface area contributed by atoms with Gasteiger partial charge >= 0.3 is 5.97 Å². The third-order valence-corrected chi connectivity index (χ3v) is 4.64. The molecule has 0 saturated carbocycles. The van der Waals surface area contributed by atoms with Crippen LogP contribution in [-0.2, 0) is 11.2 Å². The molecule has 1 aromatic carbocycles. The van der Waals surface area contributed by atoms with Gasteiger partial charge in [0.05, 0.1) is 19.8 Å². The molecule has 0 radical (unpaired) electrons. The van der Waals surface area contributed by atoms with E-state index >= 15 is 0 Å². The first-order valence-electron chi connectivity index (χ1n) is 9.87. The average Bonchev–Trinajstić information content (AvgIpc) is 2.62. The Bertz CT molecular complexity index is 600. The van der Waals surface area contributed by atoms with Crippen molar-refractivity contribution in [1.82, 2.24) is 0 Å². The normalized spacial score (nSPS) is 14.3. The number of carboxylic acid groups (broad SMARTS) is 1. The second kappa shape index (κ2) is 11.0. The van der Waals surface area contributed by atoms with Crippen LogP contribution in [0, 0.1) is 5.92 Å². The van der Waals surface area contributed by atoms with Crippen molar-refractivity contribution in [2.75, 3.05) is 19.8 Å². The smallest absolute Gasteiger partial charge is 0.323 e. The lowest BCUT2D eigenvalue weighted by molar-refractivity contribution is -0.143. The van der Waals surface area contributed by atoms with E-state index in [-0.39, 0.29) is 5.92 Å². The Balaban J connectivity index is 3.03. The standard InChI is InChI=1S/C21H35NO5/c1-6-15(14-21(5,22)20(23)24)10-11-16-12-13-17(25-7-2)19(27-9-4)18(16)26-8-3/h12-13,15H,6-11,14,22H2,1-5H3,(H,23,24). The second-order valence-electron chi connectivity index (χ2n) is 6.92. The number of hydrogen-bond acceptors (Lipinski definition) is 5. The van der Waals surface area contributed by atoms with Crippen molar-refractivity contribution in [2.24, 2.45) is 11.7 Å². The maximum atomic E-state index is 11.3. The summed E-state index contributed by atoms with van der Waals surface area (Å²) in [7, 11) is 0. The Hall–Kier alpha value is -1.95. The van der Waals surface area contributed by atoms with Crippen molar-refractivity contribution >= 4 is 5.97 Å². The molecule has 1 aromatic rings. The fourth-order valence-corrected chi connectivity index (χ4v) is 3.13. The number of rotatable bonds is 13. The summed E-state index contributed by atoms with van der Waals surface area (Å²) in [6.07, 6.45) is 2.91. The fraction of sp³-hybridized carbons (Fsp3) is 0.667. The average molecular weight is 382 g/mol. The van der Waals surface area contributed by atoms with E-state index in [2.05, 4.69) is 6.92 Å². The highest BCUT2D eigenvalue weighted by Gasteiger charge is 2.31. The van der Waals surface area contributed by atoms with E-state index in [1.807, 2.05) is 32.9 Å². The van der Waals surface area contributed by atoms with Crippen molar-refractivity contribution in [1.29, 1.82) is 0 Å². The van der Waals surface area contributed by atoms with Gasteiger partial charge in [-0.2, -0.15) is 0 Å². The lowest BCUT2D eigenvalue weighted by Gasteiger charge is -2.25. The molecule has 1 rings (SSSR count). The fourth-order valence-electron chi connectivity index (χ4n) is 3.13. The molecule has 6 heteroatoms. The van der Waals surface area contributed by atoms with Crippen molar-refractivity contribution in [3.63, 3.8) is 0 Å². The van der Waals surface area contributed by atoms with Gasteiger partial charge < -0.3 is 25.1 Å². The summed E-state index contributed by atoms with van der Waals surface area (Å²) in [5.74, 6) is 1.29. The van der Waals surface area contributed by atoms with Gasteiger partial charge in [-0.05, 0) is 64.5 Å². The maximum Gasteiger partial charge on any atom is 0.323 e. The molecule has 3 N–H and O–H groups in total. The van der Waals surface area contributed by atoms with Crippen LogP contribution in [0.4, 0.5) is 0 Å². The van der Waals surface area contributed by atoms with Crippen LogP contribution in [0.25, 0.3) is 0 Å². The first kappa shape index (κ1) is 23.1. The van der Waals surface area contributed by atoms with Crippen molar-refractivity contribution < 1.29 is 24.1 Å². The molecule has 0 fully saturated rings.